The van der Waals surface area contributed by atoms with Crippen LogP contribution in [-0.4, -0.2) is 11.0 Å². The molecule has 124 valence electrons. The third-order valence-corrected chi connectivity index (χ3v) is 4.62. The van der Waals surface area contributed by atoms with E-state index in [4.69, 9.17) is 4.74 Å². The molecule has 4 heteroatoms. The first-order valence-corrected chi connectivity index (χ1v) is 9.01. The van der Waals surface area contributed by atoms with Crippen molar-refractivity contribution in [2.24, 2.45) is 5.92 Å². The van der Waals surface area contributed by atoms with Crippen molar-refractivity contribution in [2.45, 2.75) is 52.6 Å². The monoisotopic (exact) mass is 331 g/mol. The Bertz CT molecular complexity index is 619. The Hall–Kier alpha value is -1.68. The lowest BCUT2D eigenvalue weighted by Gasteiger charge is -2.16. The van der Waals surface area contributed by atoms with Crippen molar-refractivity contribution in [3.8, 4) is 0 Å². The van der Waals surface area contributed by atoms with Crippen LogP contribution < -0.4 is 0 Å². The van der Waals surface area contributed by atoms with Gasteiger partial charge in [0.2, 0.25) is 0 Å². The average molecular weight is 331 g/mol. The molecule has 3 nitrogen and oxygen atoms in total. The second-order valence-electron chi connectivity index (χ2n) is 6.54. The van der Waals surface area contributed by atoms with Gasteiger partial charge in [0.15, 0.2) is 0 Å². The molecule has 1 aromatic carbocycles. The summed E-state index contributed by atoms with van der Waals surface area (Å²) in [7, 11) is 0. The van der Waals surface area contributed by atoms with E-state index >= 15 is 0 Å². The van der Waals surface area contributed by atoms with Gasteiger partial charge in [-0.05, 0) is 23.8 Å². The first-order chi connectivity index (χ1) is 11.0. The van der Waals surface area contributed by atoms with E-state index in [9.17, 15) is 4.79 Å². The van der Waals surface area contributed by atoms with Gasteiger partial charge in [-0.1, -0.05) is 58.0 Å². The van der Waals surface area contributed by atoms with Crippen LogP contribution in [0.1, 0.15) is 62.2 Å². The van der Waals surface area contributed by atoms with Gasteiger partial charge in [0.25, 0.3) is 0 Å². The standard InChI is InChI=1S/C19H25NO2S/c1-13(2)10-16(18-20-17(12-23-18)14(3)4)19(21)22-11-15-8-6-5-7-9-15/h5-9,12-14,16H,10-11H2,1-4H3. The minimum Gasteiger partial charge on any atom is -0.460 e. The number of benzene rings is 1. The van der Waals surface area contributed by atoms with E-state index in [-0.39, 0.29) is 11.9 Å². The zero-order valence-corrected chi connectivity index (χ0v) is 15.1. The molecule has 0 amide bonds. The van der Waals surface area contributed by atoms with Crippen molar-refractivity contribution in [1.29, 1.82) is 0 Å². The number of hydrogen-bond acceptors (Lipinski definition) is 4. The van der Waals surface area contributed by atoms with Crippen LogP contribution in [0.25, 0.3) is 0 Å². The third-order valence-electron chi connectivity index (χ3n) is 3.64. The van der Waals surface area contributed by atoms with Crippen molar-refractivity contribution in [3.63, 3.8) is 0 Å². The van der Waals surface area contributed by atoms with E-state index in [1.165, 1.54) is 0 Å². The van der Waals surface area contributed by atoms with Gasteiger partial charge in [-0.25, -0.2) is 4.98 Å². The molecule has 0 saturated heterocycles. The topological polar surface area (TPSA) is 39.2 Å². The molecule has 0 fully saturated rings. The molecular formula is C19H25NO2S. The summed E-state index contributed by atoms with van der Waals surface area (Å²) < 4.78 is 5.54. The number of aromatic nitrogens is 1. The molecule has 0 N–H and O–H groups in total. The van der Waals surface area contributed by atoms with Crippen LogP contribution in [0.5, 0.6) is 0 Å². The highest BCUT2D eigenvalue weighted by Crippen LogP contribution is 2.30. The number of esters is 1. The van der Waals surface area contributed by atoms with E-state index in [1.807, 2.05) is 30.3 Å². The first-order valence-electron chi connectivity index (χ1n) is 8.13. The Balaban J connectivity index is 2.08. The Morgan fingerprint density at radius 3 is 2.43 bits per heavy atom. The van der Waals surface area contributed by atoms with Crippen molar-refractivity contribution in [2.75, 3.05) is 0 Å². The second kappa shape index (κ2) is 8.25. The first kappa shape index (κ1) is 17.7. The van der Waals surface area contributed by atoms with Gasteiger partial charge in [-0.2, -0.15) is 0 Å². The normalized spacial score (nSPS) is 12.6. The van der Waals surface area contributed by atoms with Gasteiger partial charge in [0, 0.05) is 5.38 Å². The van der Waals surface area contributed by atoms with E-state index in [0.717, 1.165) is 22.7 Å². The highest BCUT2D eigenvalue weighted by atomic mass is 32.1. The summed E-state index contributed by atoms with van der Waals surface area (Å²) in [6.45, 7) is 8.79. The smallest absolute Gasteiger partial charge is 0.316 e. The summed E-state index contributed by atoms with van der Waals surface area (Å²) in [6.07, 6.45) is 0.763. The number of carbonyl (C=O) groups excluding carboxylic acids is 1. The molecule has 2 rings (SSSR count). The van der Waals surface area contributed by atoms with Crippen LogP contribution in [0.4, 0.5) is 0 Å². The summed E-state index contributed by atoms with van der Waals surface area (Å²) >= 11 is 1.57. The SMILES string of the molecule is CC(C)CC(C(=O)OCc1ccccc1)c1nc(C(C)C)cs1. The average Bonchev–Trinajstić information content (AvgIpc) is 3.01. The Kier molecular flexibility index (Phi) is 6.34. The van der Waals surface area contributed by atoms with Crippen LogP contribution in [0.3, 0.4) is 0 Å². The van der Waals surface area contributed by atoms with Crippen molar-refractivity contribution >= 4 is 17.3 Å². The Morgan fingerprint density at radius 2 is 1.87 bits per heavy atom. The number of nitrogens with zero attached hydrogens (tertiary/aromatic N) is 1. The zero-order valence-electron chi connectivity index (χ0n) is 14.3. The molecule has 23 heavy (non-hydrogen) atoms. The maximum Gasteiger partial charge on any atom is 0.316 e. The second-order valence-corrected chi connectivity index (χ2v) is 7.43. The summed E-state index contributed by atoms with van der Waals surface area (Å²) in [4.78, 5) is 17.2. The molecule has 0 saturated carbocycles. The van der Waals surface area contributed by atoms with Gasteiger partial charge in [0.05, 0.1) is 5.69 Å². The fourth-order valence-electron chi connectivity index (χ4n) is 2.32. The van der Waals surface area contributed by atoms with E-state index in [1.54, 1.807) is 11.3 Å². The predicted octanol–water partition coefficient (Wildman–Crippen LogP) is 5.14. The Labute approximate surface area is 142 Å². The minimum absolute atomic E-state index is 0.174. The van der Waals surface area contributed by atoms with Crippen molar-refractivity contribution < 1.29 is 9.53 Å². The molecule has 1 unspecified atom stereocenters. The highest BCUT2D eigenvalue weighted by Gasteiger charge is 2.26. The third kappa shape index (κ3) is 5.17. The number of ether oxygens (including phenoxy) is 1. The van der Waals surface area contributed by atoms with Crippen molar-refractivity contribution in [1.82, 2.24) is 4.98 Å². The van der Waals surface area contributed by atoms with Gasteiger partial charge >= 0.3 is 5.97 Å². The molecule has 0 aliphatic carbocycles. The molecule has 0 aliphatic rings. The van der Waals surface area contributed by atoms with Crippen LogP contribution in [0.15, 0.2) is 35.7 Å². The zero-order chi connectivity index (χ0) is 16.8. The van der Waals surface area contributed by atoms with E-state index < -0.39 is 0 Å². The van der Waals surface area contributed by atoms with Gasteiger partial charge in [-0.3, -0.25) is 4.79 Å². The number of rotatable bonds is 7. The van der Waals surface area contributed by atoms with Gasteiger partial charge in [0.1, 0.15) is 17.5 Å². The predicted molar refractivity (Wildman–Crippen MR) is 94.6 cm³/mol. The maximum absolute atomic E-state index is 12.6. The number of carbonyl (C=O) groups is 1. The molecule has 0 aliphatic heterocycles. The molecule has 0 radical (unpaired) electrons. The molecule has 1 aromatic heterocycles. The quantitative estimate of drug-likeness (QED) is 0.659. The van der Waals surface area contributed by atoms with Crippen LogP contribution in [-0.2, 0) is 16.1 Å². The summed E-state index contributed by atoms with van der Waals surface area (Å²) in [5.74, 6) is 0.346. The molecule has 0 bridgehead atoms. The van der Waals surface area contributed by atoms with Gasteiger partial charge < -0.3 is 4.74 Å². The maximum atomic E-state index is 12.6. The highest BCUT2D eigenvalue weighted by molar-refractivity contribution is 7.09. The molecule has 2 aromatic rings. The Morgan fingerprint density at radius 1 is 1.17 bits per heavy atom. The van der Waals surface area contributed by atoms with Crippen LogP contribution in [0.2, 0.25) is 0 Å². The fraction of sp³-hybridized carbons (Fsp3) is 0.474. The van der Waals surface area contributed by atoms with Gasteiger partial charge in [-0.15, -0.1) is 11.3 Å². The molecule has 0 spiro atoms. The van der Waals surface area contributed by atoms with Crippen LogP contribution >= 0.6 is 11.3 Å². The van der Waals surface area contributed by atoms with Crippen molar-refractivity contribution in [3.05, 3.63) is 52.0 Å². The molecular weight excluding hydrogens is 306 g/mol. The molecule has 1 heterocycles. The number of thiazole rings is 1. The van der Waals surface area contributed by atoms with E-state index in [2.05, 4.69) is 38.1 Å². The summed E-state index contributed by atoms with van der Waals surface area (Å²) in [5, 5.41) is 2.93. The lowest BCUT2D eigenvalue weighted by atomic mass is 9.97. The lowest BCUT2D eigenvalue weighted by molar-refractivity contribution is -0.147. The fourth-order valence-corrected chi connectivity index (χ4v) is 3.41. The largest absolute Gasteiger partial charge is 0.460 e. The van der Waals surface area contributed by atoms with Crippen LogP contribution in [0, 0.1) is 5.92 Å². The number of hydrogen-bond donors (Lipinski definition) is 0. The molecule has 1 atom stereocenters. The minimum atomic E-state index is -0.267. The summed E-state index contributed by atoms with van der Waals surface area (Å²) in [5.41, 5.74) is 2.06. The summed E-state index contributed by atoms with van der Waals surface area (Å²) in [6, 6.07) is 9.78. The lowest BCUT2D eigenvalue weighted by Crippen LogP contribution is -2.18. The van der Waals surface area contributed by atoms with E-state index in [0.29, 0.717) is 18.4 Å².